The van der Waals surface area contributed by atoms with Crippen molar-refractivity contribution in [1.82, 2.24) is 0 Å². The molecule has 4 nitrogen and oxygen atoms in total. The van der Waals surface area contributed by atoms with Crippen LogP contribution in [0.15, 0.2) is 29.7 Å². The Morgan fingerprint density at radius 1 is 1.20 bits per heavy atom. The quantitative estimate of drug-likeness (QED) is 0.579. The molecule has 0 spiro atoms. The standard InChI is InChI=1S/C13H17Cl2NO3S/c1-2-3-4-5-6-9-19-10-7-8-11(20(16,17)18)13(15)12(10)14/h2,7-8H,1,3-6,9H2,(H2,16,17,18). The first kappa shape index (κ1) is 17.3. The van der Waals surface area contributed by atoms with Crippen molar-refractivity contribution in [3.8, 4) is 5.75 Å². The van der Waals surface area contributed by atoms with Crippen LogP contribution in [-0.4, -0.2) is 15.0 Å². The van der Waals surface area contributed by atoms with Crippen LogP contribution in [-0.2, 0) is 10.0 Å². The molecule has 0 fully saturated rings. The molecule has 0 atom stereocenters. The minimum atomic E-state index is -3.89. The Labute approximate surface area is 129 Å². The molecule has 0 unspecified atom stereocenters. The number of hydrogen-bond acceptors (Lipinski definition) is 3. The number of rotatable bonds is 8. The Morgan fingerprint density at radius 3 is 2.50 bits per heavy atom. The van der Waals surface area contributed by atoms with Crippen LogP contribution in [0.3, 0.4) is 0 Å². The summed E-state index contributed by atoms with van der Waals surface area (Å²) in [6.45, 7) is 4.14. The van der Waals surface area contributed by atoms with Gasteiger partial charge in [-0.3, -0.25) is 0 Å². The summed E-state index contributed by atoms with van der Waals surface area (Å²) in [6.07, 6.45) is 5.82. The SMILES string of the molecule is C=CCCCCCOc1ccc(S(N)(=O)=O)c(Cl)c1Cl. The van der Waals surface area contributed by atoms with Gasteiger partial charge in [0.2, 0.25) is 10.0 Å². The molecule has 0 amide bonds. The molecule has 0 aliphatic rings. The Bertz CT molecular complexity index is 573. The molecule has 0 heterocycles. The lowest BCUT2D eigenvalue weighted by Gasteiger charge is -2.11. The van der Waals surface area contributed by atoms with Gasteiger partial charge in [0.15, 0.2) is 0 Å². The smallest absolute Gasteiger partial charge is 0.239 e. The first-order chi connectivity index (χ1) is 9.38. The van der Waals surface area contributed by atoms with Gasteiger partial charge in [0.1, 0.15) is 15.7 Å². The number of allylic oxidation sites excluding steroid dienone is 1. The van der Waals surface area contributed by atoms with Crippen LogP contribution in [0.1, 0.15) is 25.7 Å². The van der Waals surface area contributed by atoms with Gasteiger partial charge in [-0.25, -0.2) is 13.6 Å². The highest BCUT2D eigenvalue weighted by Crippen LogP contribution is 2.36. The molecule has 0 bridgehead atoms. The van der Waals surface area contributed by atoms with Crippen LogP contribution < -0.4 is 9.88 Å². The minimum Gasteiger partial charge on any atom is -0.492 e. The number of primary sulfonamides is 1. The summed E-state index contributed by atoms with van der Waals surface area (Å²) in [6, 6.07) is 2.74. The van der Waals surface area contributed by atoms with Crippen molar-refractivity contribution in [2.24, 2.45) is 5.14 Å². The summed E-state index contributed by atoms with van der Waals surface area (Å²) < 4.78 is 28.0. The Balaban J connectivity index is 2.65. The van der Waals surface area contributed by atoms with Gasteiger partial charge < -0.3 is 4.74 Å². The summed E-state index contributed by atoms with van der Waals surface area (Å²) in [5.41, 5.74) is 0. The molecule has 0 aliphatic heterocycles. The lowest BCUT2D eigenvalue weighted by atomic mass is 10.2. The molecule has 1 aromatic carbocycles. The second-order valence-electron chi connectivity index (χ2n) is 4.22. The summed E-state index contributed by atoms with van der Waals surface area (Å²) in [5.74, 6) is 0.354. The maximum Gasteiger partial charge on any atom is 0.239 e. The van der Waals surface area contributed by atoms with E-state index in [-0.39, 0.29) is 14.9 Å². The van der Waals surface area contributed by atoms with Gasteiger partial charge >= 0.3 is 0 Å². The van der Waals surface area contributed by atoms with E-state index in [4.69, 9.17) is 33.1 Å². The van der Waals surface area contributed by atoms with Crippen molar-refractivity contribution in [2.75, 3.05) is 6.61 Å². The van der Waals surface area contributed by atoms with Crippen molar-refractivity contribution < 1.29 is 13.2 Å². The fourth-order valence-corrected chi connectivity index (χ4v) is 2.96. The van der Waals surface area contributed by atoms with E-state index >= 15 is 0 Å². The molecule has 1 aromatic rings. The molecule has 0 radical (unpaired) electrons. The van der Waals surface area contributed by atoms with Gasteiger partial charge in [0, 0.05) is 0 Å². The Hall–Kier alpha value is -0.750. The van der Waals surface area contributed by atoms with Gasteiger partial charge in [-0.05, 0) is 37.8 Å². The van der Waals surface area contributed by atoms with Crippen molar-refractivity contribution >= 4 is 33.2 Å². The highest BCUT2D eigenvalue weighted by molar-refractivity contribution is 7.89. The Morgan fingerprint density at radius 2 is 1.90 bits per heavy atom. The first-order valence-electron chi connectivity index (χ1n) is 6.12. The zero-order valence-corrected chi connectivity index (χ0v) is 13.3. The van der Waals surface area contributed by atoms with E-state index in [1.807, 2.05) is 6.08 Å². The van der Waals surface area contributed by atoms with Gasteiger partial charge in [0.25, 0.3) is 0 Å². The number of hydrogen-bond donors (Lipinski definition) is 1. The third-order valence-electron chi connectivity index (χ3n) is 2.63. The predicted octanol–water partition coefficient (Wildman–Crippen LogP) is 3.77. The second-order valence-corrected chi connectivity index (χ2v) is 6.51. The van der Waals surface area contributed by atoms with E-state index in [9.17, 15) is 8.42 Å². The fraction of sp³-hybridized carbons (Fsp3) is 0.385. The maximum atomic E-state index is 11.3. The number of ether oxygens (including phenoxy) is 1. The zero-order chi connectivity index (χ0) is 15.2. The Kier molecular flexibility index (Phi) is 6.82. The van der Waals surface area contributed by atoms with Gasteiger partial charge in [-0.15, -0.1) is 6.58 Å². The minimum absolute atomic E-state index is 0.0595. The van der Waals surface area contributed by atoms with Crippen molar-refractivity contribution in [3.63, 3.8) is 0 Å². The largest absolute Gasteiger partial charge is 0.492 e. The molecule has 112 valence electrons. The van der Waals surface area contributed by atoms with E-state index in [0.717, 1.165) is 25.7 Å². The number of benzene rings is 1. The average molecular weight is 338 g/mol. The van der Waals surface area contributed by atoms with Crippen molar-refractivity contribution in [3.05, 3.63) is 34.8 Å². The number of sulfonamides is 1. The van der Waals surface area contributed by atoms with Crippen LogP contribution >= 0.6 is 23.2 Å². The van der Waals surface area contributed by atoms with E-state index in [1.165, 1.54) is 12.1 Å². The van der Waals surface area contributed by atoms with E-state index in [0.29, 0.717) is 12.4 Å². The summed E-state index contributed by atoms with van der Waals surface area (Å²) in [7, 11) is -3.89. The van der Waals surface area contributed by atoms with Crippen LogP contribution in [0, 0.1) is 0 Å². The zero-order valence-electron chi connectivity index (χ0n) is 10.9. The monoisotopic (exact) mass is 337 g/mol. The molecule has 0 aliphatic carbocycles. The molecule has 7 heteroatoms. The van der Waals surface area contributed by atoms with Gasteiger partial charge in [0.05, 0.1) is 11.6 Å². The number of halogens is 2. The number of unbranched alkanes of at least 4 members (excludes halogenated alkanes) is 3. The lowest BCUT2D eigenvalue weighted by Crippen LogP contribution is -2.13. The molecule has 20 heavy (non-hydrogen) atoms. The third kappa shape index (κ3) is 4.98. The van der Waals surface area contributed by atoms with Crippen LogP contribution in [0.4, 0.5) is 0 Å². The summed E-state index contributed by atoms with van der Waals surface area (Å²) >= 11 is 11.9. The molecule has 2 N–H and O–H groups in total. The molecule has 1 rings (SSSR count). The van der Waals surface area contributed by atoms with Crippen LogP contribution in [0.25, 0.3) is 0 Å². The molecular weight excluding hydrogens is 321 g/mol. The normalized spacial score (nSPS) is 11.3. The predicted molar refractivity (Wildman–Crippen MR) is 82.0 cm³/mol. The lowest BCUT2D eigenvalue weighted by molar-refractivity contribution is 0.305. The van der Waals surface area contributed by atoms with E-state index in [1.54, 1.807) is 0 Å². The molecule has 0 saturated heterocycles. The molecule has 0 saturated carbocycles. The molecule has 0 aromatic heterocycles. The molecular formula is C13H17Cl2NO3S. The average Bonchev–Trinajstić information content (AvgIpc) is 2.37. The highest BCUT2D eigenvalue weighted by Gasteiger charge is 2.18. The van der Waals surface area contributed by atoms with Crippen molar-refractivity contribution in [2.45, 2.75) is 30.6 Å². The highest BCUT2D eigenvalue weighted by atomic mass is 35.5. The number of nitrogens with two attached hydrogens (primary N) is 1. The van der Waals surface area contributed by atoms with Gasteiger partial charge in [-0.2, -0.15) is 0 Å². The summed E-state index contributed by atoms with van der Waals surface area (Å²) in [4.78, 5) is -0.206. The van der Waals surface area contributed by atoms with Crippen molar-refractivity contribution in [1.29, 1.82) is 0 Å². The van der Waals surface area contributed by atoms with Gasteiger partial charge in [-0.1, -0.05) is 29.3 Å². The van der Waals surface area contributed by atoms with E-state index < -0.39 is 10.0 Å². The fourth-order valence-electron chi connectivity index (χ4n) is 1.59. The maximum absolute atomic E-state index is 11.3. The summed E-state index contributed by atoms with van der Waals surface area (Å²) in [5, 5.41) is 4.97. The van der Waals surface area contributed by atoms with Crippen LogP contribution in [0.2, 0.25) is 10.0 Å². The van der Waals surface area contributed by atoms with Crippen LogP contribution in [0.5, 0.6) is 5.75 Å². The topological polar surface area (TPSA) is 69.4 Å². The van der Waals surface area contributed by atoms with E-state index in [2.05, 4.69) is 6.58 Å². The second kappa shape index (κ2) is 7.88. The third-order valence-corrected chi connectivity index (χ3v) is 4.56. The first-order valence-corrected chi connectivity index (χ1v) is 8.42.